The van der Waals surface area contributed by atoms with Gasteiger partial charge in [-0.05, 0) is 44.0 Å². The maximum absolute atomic E-state index is 12.8. The van der Waals surface area contributed by atoms with Crippen LogP contribution in [0.25, 0.3) is 11.3 Å². The summed E-state index contributed by atoms with van der Waals surface area (Å²) in [6.45, 7) is 7.62. The number of benzene rings is 3. The number of carbonyl (C=O) groups excluding carboxylic acids is 2. The highest BCUT2D eigenvalue weighted by Crippen LogP contribution is 2.26. The quantitative estimate of drug-likeness (QED) is 0.222. The Morgan fingerprint density at radius 2 is 1.44 bits per heavy atom. The van der Waals surface area contributed by atoms with Gasteiger partial charge in [-0.15, -0.1) is 11.3 Å². The van der Waals surface area contributed by atoms with Crippen LogP contribution in [0.5, 0.6) is 0 Å². The molecular formula is C31H34N4O3S. The average Bonchev–Trinajstić information content (AvgIpc) is 3.36. The minimum absolute atomic E-state index is 0.0358. The predicted molar refractivity (Wildman–Crippen MR) is 158 cm³/mol. The molecule has 0 bridgehead atoms. The first kappa shape index (κ1) is 28.0. The highest BCUT2D eigenvalue weighted by atomic mass is 32.1. The summed E-state index contributed by atoms with van der Waals surface area (Å²) in [5, 5.41) is 8.00. The van der Waals surface area contributed by atoms with Crippen LogP contribution in [-0.2, 0) is 22.6 Å². The third-order valence-electron chi connectivity index (χ3n) is 5.73. The van der Waals surface area contributed by atoms with Crippen LogP contribution in [-0.4, -0.2) is 34.0 Å². The third kappa shape index (κ3) is 9.35. The standard InChI is InChI=1S/C31H34N4O3S/c1-31(2,3)38-30(37)34-29-33-27(22-39-29)25-14-16-26(17-15-25)32-28(36)18-19-35(20-23-10-6-4-7-11-23)21-24-12-8-5-9-13-24/h4-17,22H,18-21H2,1-3H3,(H,32,36)(H,33,34,37). The van der Waals surface area contributed by atoms with Gasteiger partial charge in [0.15, 0.2) is 5.13 Å². The van der Waals surface area contributed by atoms with Gasteiger partial charge in [-0.3, -0.25) is 15.0 Å². The van der Waals surface area contributed by atoms with E-state index in [2.05, 4.69) is 44.8 Å². The van der Waals surface area contributed by atoms with Gasteiger partial charge in [0.05, 0.1) is 5.69 Å². The Kier molecular flexibility index (Phi) is 9.46. The zero-order chi connectivity index (χ0) is 27.7. The van der Waals surface area contributed by atoms with Crippen molar-refractivity contribution in [3.63, 3.8) is 0 Å². The molecule has 0 unspecified atom stereocenters. The Hall–Kier alpha value is -4.01. The molecule has 8 heteroatoms. The van der Waals surface area contributed by atoms with Gasteiger partial charge < -0.3 is 10.1 Å². The van der Waals surface area contributed by atoms with Crippen LogP contribution in [0.2, 0.25) is 0 Å². The smallest absolute Gasteiger partial charge is 0.413 e. The van der Waals surface area contributed by atoms with Gasteiger partial charge in [-0.2, -0.15) is 0 Å². The fourth-order valence-electron chi connectivity index (χ4n) is 3.96. The van der Waals surface area contributed by atoms with Gasteiger partial charge in [0.2, 0.25) is 5.91 Å². The first-order chi connectivity index (χ1) is 18.7. The van der Waals surface area contributed by atoms with E-state index in [1.54, 1.807) is 0 Å². The molecule has 1 aromatic heterocycles. The van der Waals surface area contributed by atoms with E-state index in [9.17, 15) is 9.59 Å². The van der Waals surface area contributed by atoms with Crippen LogP contribution in [0, 0.1) is 0 Å². The molecule has 0 radical (unpaired) electrons. The number of nitrogens with one attached hydrogen (secondary N) is 2. The minimum atomic E-state index is -0.577. The molecule has 7 nitrogen and oxygen atoms in total. The van der Waals surface area contributed by atoms with Gasteiger partial charge in [-0.25, -0.2) is 9.78 Å². The van der Waals surface area contributed by atoms with Crippen molar-refractivity contribution in [3.05, 3.63) is 101 Å². The first-order valence-corrected chi connectivity index (χ1v) is 13.8. The molecule has 3 aromatic carbocycles. The second-order valence-corrected chi connectivity index (χ2v) is 11.1. The van der Waals surface area contributed by atoms with E-state index in [0.717, 1.165) is 30.0 Å². The number of nitrogens with zero attached hydrogens (tertiary/aromatic N) is 2. The number of carbonyl (C=O) groups is 2. The molecule has 0 aliphatic carbocycles. The second kappa shape index (κ2) is 13.2. The summed E-state index contributed by atoms with van der Waals surface area (Å²) in [5.41, 5.74) is 4.21. The van der Waals surface area contributed by atoms with Crippen LogP contribution < -0.4 is 10.6 Å². The number of amides is 2. The number of anilines is 2. The number of hydrogen-bond donors (Lipinski definition) is 2. The molecule has 4 rings (SSSR count). The van der Waals surface area contributed by atoms with E-state index in [1.807, 2.05) is 86.8 Å². The van der Waals surface area contributed by atoms with Crippen LogP contribution in [0.3, 0.4) is 0 Å². The summed E-state index contributed by atoms with van der Waals surface area (Å²) in [5.74, 6) is -0.0358. The van der Waals surface area contributed by atoms with Crippen molar-refractivity contribution in [2.24, 2.45) is 0 Å². The lowest BCUT2D eigenvalue weighted by molar-refractivity contribution is -0.116. The van der Waals surface area contributed by atoms with E-state index in [0.29, 0.717) is 18.1 Å². The molecule has 0 atom stereocenters. The molecule has 1 heterocycles. The summed E-state index contributed by atoms with van der Waals surface area (Å²) in [6, 6.07) is 28.1. The highest BCUT2D eigenvalue weighted by molar-refractivity contribution is 7.14. The van der Waals surface area contributed by atoms with Crippen molar-refractivity contribution in [3.8, 4) is 11.3 Å². The molecular weight excluding hydrogens is 508 g/mol. The topological polar surface area (TPSA) is 83.6 Å². The van der Waals surface area contributed by atoms with Crippen LogP contribution in [0.1, 0.15) is 38.3 Å². The largest absolute Gasteiger partial charge is 0.444 e. The molecule has 0 saturated heterocycles. The fourth-order valence-corrected chi connectivity index (χ4v) is 4.66. The molecule has 0 aliphatic heterocycles. The molecule has 2 N–H and O–H groups in total. The number of aromatic nitrogens is 1. The van der Waals surface area contributed by atoms with Crippen molar-refractivity contribution >= 4 is 34.2 Å². The van der Waals surface area contributed by atoms with Gasteiger partial charge in [0.25, 0.3) is 0 Å². The fraction of sp³-hybridized carbons (Fsp3) is 0.258. The molecule has 0 fully saturated rings. The van der Waals surface area contributed by atoms with Gasteiger partial charge in [0, 0.05) is 42.7 Å². The van der Waals surface area contributed by atoms with Crippen molar-refractivity contribution in [2.45, 2.75) is 45.9 Å². The van der Waals surface area contributed by atoms with Crippen molar-refractivity contribution < 1.29 is 14.3 Å². The first-order valence-electron chi connectivity index (χ1n) is 12.9. The minimum Gasteiger partial charge on any atom is -0.444 e. The lowest BCUT2D eigenvalue weighted by Crippen LogP contribution is -2.27. The molecule has 0 saturated carbocycles. The summed E-state index contributed by atoms with van der Waals surface area (Å²) >= 11 is 1.33. The Balaban J connectivity index is 1.31. The van der Waals surface area contributed by atoms with Crippen LogP contribution >= 0.6 is 11.3 Å². The number of hydrogen-bond acceptors (Lipinski definition) is 6. The number of rotatable bonds is 10. The molecule has 2 amide bonds. The highest BCUT2D eigenvalue weighted by Gasteiger charge is 2.17. The van der Waals surface area contributed by atoms with E-state index < -0.39 is 11.7 Å². The third-order valence-corrected chi connectivity index (χ3v) is 6.49. The molecule has 39 heavy (non-hydrogen) atoms. The van der Waals surface area contributed by atoms with Crippen molar-refractivity contribution in [1.82, 2.24) is 9.88 Å². The van der Waals surface area contributed by atoms with Crippen LogP contribution in [0.4, 0.5) is 15.6 Å². The second-order valence-electron chi connectivity index (χ2n) is 10.2. The Bertz CT molecular complexity index is 1310. The lowest BCUT2D eigenvalue weighted by atomic mass is 10.1. The Morgan fingerprint density at radius 1 is 0.846 bits per heavy atom. The Morgan fingerprint density at radius 3 is 2.00 bits per heavy atom. The van der Waals surface area contributed by atoms with Gasteiger partial charge in [-0.1, -0.05) is 72.8 Å². The summed E-state index contributed by atoms with van der Waals surface area (Å²) < 4.78 is 5.28. The molecule has 4 aromatic rings. The summed E-state index contributed by atoms with van der Waals surface area (Å²) in [7, 11) is 0. The van der Waals surface area contributed by atoms with Gasteiger partial charge in [0.1, 0.15) is 5.60 Å². The molecule has 0 aliphatic rings. The lowest BCUT2D eigenvalue weighted by Gasteiger charge is -2.22. The van der Waals surface area contributed by atoms with Crippen LogP contribution in [0.15, 0.2) is 90.3 Å². The maximum Gasteiger partial charge on any atom is 0.413 e. The number of ether oxygens (including phenoxy) is 1. The predicted octanol–water partition coefficient (Wildman–Crippen LogP) is 7.19. The zero-order valence-electron chi connectivity index (χ0n) is 22.5. The molecule has 0 spiro atoms. The van der Waals surface area contributed by atoms with E-state index >= 15 is 0 Å². The summed E-state index contributed by atoms with van der Waals surface area (Å²) in [4.78, 5) is 31.5. The van der Waals surface area contributed by atoms with E-state index in [1.165, 1.54) is 22.5 Å². The SMILES string of the molecule is CC(C)(C)OC(=O)Nc1nc(-c2ccc(NC(=O)CCN(Cc3ccccc3)Cc3ccccc3)cc2)cs1. The zero-order valence-corrected chi connectivity index (χ0v) is 23.3. The van der Waals surface area contributed by atoms with Crippen molar-refractivity contribution in [1.29, 1.82) is 0 Å². The van der Waals surface area contributed by atoms with E-state index in [4.69, 9.17) is 4.74 Å². The molecule has 202 valence electrons. The normalized spacial score (nSPS) is 11.3. The van der Waals surface area contributed by atoms with E-state index in [-0.39, 0.29) is 5.91 Å². The Labute approximate surface area is 233 Å². The monoisotopic (exact) mass is 542 g/mol. The van der Waals surface area contributed by atoms with Crippen molar-refractivity contribution in [2.75, 3.05) is 17.2 Å². The van der Waals surface area contributed by atoms with Gasteiger partial charge >= 0.3 is 6.09 Å². The summed E-state index contributed by atoms with van der Waals surface area (Å²) in [6.07, 6.45) is -0.153. The maximum atomic E-state index is 12.8. The number of thiazole rings is 1. The average molecular weight is 543 g/mol.